The van der Waals surface area contributed by atoms with E-state index in [1.165, 1.54) is 16.4 Å². The smallest absolute Gasteiger partial charge is 0.232 e. The molecule has 23 heavy (non-hydrogen) atoms. The summed E-state index contributed by atoms with van der Waals surface area (Å²) >= 11 is 1.37. The molecule has 0 unspecified atom stereocenters. The van der Waals surface area contributed by atoms with Gasteiger partial charge < -0.3 is 16.9 Å². The zero-order chi connectivity index (χ0) is 16.2. The molecule has 118 valence electrons. The summed E-state index contributed by atoms with van der Waals surface area (Å²) in [6, 6.07) is 9.59. The average molecular weight is 329 g/mol. The number of nitrogen functional groups attached to an aromatic ring is 2. The quantitative estimate of drug-likeness (QED) is 0.464. The highest BCUT2D eigenvalue weighted by molar-refractivity contribution is 7.98. The lowest BCUT2D eigenvalue weighted by molar-refractivity contribution is 0.823. The maximum atomic E-state index is 5.81. The highest BCUT2D eigenvalue weighted by Crippen LogP contribution is 2.20. The van der Waals surface area contributed by atoms with E-state index in [0.717, 1.165) is 5.69 Å². The minimum atomic E-state index is 0.152. The molecule has 0 saturated carbocycles. The van der Waals surface area contributed by atoms with Crippen molar-refractivity contribution in [2.75, 3.05) is 16.9 Å². The summed E-state index contributed by atoms with van der Waals surface area (Å²) in [7, 11) is 0. The van der Waals surface area contributed by atoms with Crippen LogP contribution in [0.1, 0.15) is 11.6 Å². The second-order valence-corrected chi connectivity index (χ2v) is 5.56. The van der Waals surface area contributed by atoms with Gasteiger partial charge in [-0.05, 0) is 19.1 Å². The third-order valence-electron chi connectivity index (χ3n) is 2.89. The van der Waals surface area contributed by atoms with Crippen LogP contribution in [0.15, 0.2) is 35.5 Å². The summed E-state index contributed by atoms with van der Waals surface area (Å²) in [6.45, 7) is 1.78. The topological polar surface area (TPSA) is 133 Å². The normalized spacial score (nSPS) is 10.7. The number of aromatic nitrogens is 6. The zero-order valence-electron chi connectivity index (χ0n) is 12.3. The number of anilines is 3. The average Bonchev–Trinajstić information content (AvgIpc) is 2.85. The van der Waals surface area contributed by atoms with Crippen LogP contribution < -0.4 is 16.9 Å². The fourth-order valence-corrected chi connectivity index (χ4v) is 2.54. The molecule has 0 saturated heterocycles. The van der Waals surface area contributed by atoms with Gasteiger partial charge in [0.25, 0.3) is 0 Å². The lowest BCUT2D eigenvalue weighted by Crippen LogP contribution is -2.12. The molecule has 1 aromatic carbocycles. The van der Waals surface area contributed by atoms with E-state index in [9.17, 15) is 0 Å². The third-order valence-corrected chi connectivity index (χ3v) is 3.83. The van der Waals surface area contributed by atoms with E-state index >= 15 is 0 Å². The Morgan fingerprint density at radius 2 is 1.91 bits per heavy atom. The minimum Gasteiger partial charge on any atom is -0.368 e. The molecular weight excluding hydrogens is 314 g/mol. The summed E-state index contributed by atoms with van der Waals surface area (Å²) in [6.07, 6.45) is 0. The molecule has 3 aromatic rings. The molecule has 2 aromatic heterocycles. The summed E-state index contributed by atoms with van der Waals surface area (Å²) < 4.78 is 1.42. The van der Waals surface area contributed by atoms with E-state index < -0.39 is 0 Å². The van der Waals surface area contributed by atoms with Crippen molar-refractivity contribution in [3.05, 3.63) is 42.0 Å². The number of aryl methyl sites for hydroxylation is 1. The Balaban J connectivity index is 1.74. The van der Waals surface area contributed by atoms with Crippen molar-refractivity contribution in [1.29, 1.82) is 0 Å². The molecule has 0 aliphatic rings. The summed E-state index contributed by atoms with van der Waals surface area (Å²) in [5, 5.41) is 11.5. The van der Waals surface area contributed by atoms with Crippen LogP contribution in [0.4, 0.5) is 17.6 Å². The molecule has 0 aliphatic carbocycles. The van der Waals surface area contributed by atoms with Gasteiger partial charge in [0, 0.05) is 5.69 Å². The van der Waals surface area contributed by atoms with Crippen LogP contribution in [0.2, 0.25) is 0 Å². The van der Waals surface area contributed by atoms with E-state index in [1.54, 1.807) is 6.92 Å². The van der Waals surface area contributed by atoms with Crippen LogP contribution in [-0.4, -0.2) is 29.8 Å². The van der Waals surface area contributed by atoms with Crippen LogP contribution in [0.25, 0.3) is 0 Å². The monoisotopic (exact) mass is 329 g/mol. The van der Waals surface area contributed by atoms with Crippen molar-refractivity contribution < 1.29 is 0 Å². The predicted molar refractivity (Wildman–Crippen MR) is 88.4 cm³/mol. The fraction of sp³-hybridized carbons (Fsp3) is 0.154. The largest absolute Gasteiger partial charge is 0.368 e. The molecule has 0 atom stereocenters. The second-order valence-electron chi connectivity index (χ2n) is 4.61. The van der Waals surface area contributed by atoms with E-state index in [0.29, 0.717) is 28.5 Å². The van der Waals surface area contributed by atoms with Gasteiger partial charge in [0.2, 0.25) is 17.1 Å². The summed E-state index contributed by atoms with van der Waals surface area (Å²) in [4.78, 5) is 12.6. The van der Waals surface area contributed by atoms with Gasteiger partial charge in [0.1, 0.15) is 11.6 Å². The standard InChI is InChI=1S/C13H15N9S/c1-8-20-21-13(22(8)15)23-7-10-17-11(14)19-12(18-10)16-9-5-3-2-4-6-9/h2-6H,7,15H2,1H3,(H3,14,16,17,18,19). The molecule has 10 heteroatoms. The number of hydrogen-bond acceptors (Lipinski definition) is 9. The molecule has 0 bridgehead atoms. The van der Waals surface area contributed by atoms with Crippen molar-refractivity contribution in [2.45, 2.75) is 17.8 Å². The molecule has 0 spiro atoms. The Bertz CT molecular complexity index is 802. The van der Waals surface area contributed by atoms with Crippen LogP contribution in [0, 0.1) is 6.92 Å². The Kier molecular flexibility index (Phi) is 4.24. The first kappa shape index (κ1) is 15.0. The van der Waals surface area contributed by atoms with Crippen LogP contribution in [0.5, 0.6) is 0 Å². The van der Waals surface area contributed by atoms with E-state index in [1.807, 2.05) is 30.3 Å². The first-order chi connectivity index (χ1) is 11.1. The van der Waals surface area contributed by atoms with Gasteiger partial charge in [0.05, 0.1) is 5.75 Å². The number of thioether (sulfide) groups is 1. The maximum absolute atomic E-state index is 5.81. The Labute approximate surface area is 136 Å². The molecule has 0 fully saturated rings. The summed E-state index contributed by atoms with van der Waals surface area (Å²) in [5.74, 6) is 7.97. The predicted octanol–water partition coefficient (Wildman–Crippen LogP) is 1.10. The number of nitrogens with two attached hydrogens (primary N) is 2. The van der Waals surface area contributed by atoms with Crippen molar-refractivity contribution in [1.82, 2.24) is 29.8 Å². The van der Waals surface area contributed by atoms with Gasteiger partial charge in [0.15, 0.2) is 0 Å². The van der Waals surface area contributed by atoms with Crippen LogP contribution >= 0.6 is 11.8 Å². The molecule has 9 nitrogen and oxygen atoms in total. The van der Waals surface area contributed by atoms with E-state index in [4.69, 9.17) is 11.6 Å². The van der Waals surface area contributed by atoms with Gasteiger partial charge in [-0.3, -0.25) is 0 Å². The summed E-state index contributed by atoms with van der Waals surface area (Å²) in [5.41, 5.74) is 6.62. The SMILES string of the molecule is Cc1nnc(SCc2nc(N)nc(Nc3ccccc3)n2)n1N. The Hall–Kier alpha value is -2.88. The highest BCUT2D eigenvalue weighted by atomic mass is 32.2. The zero-order valence-corrected chi connectivity index (χ0v) is 13.2. The number of benzene rings is 1. The molecule has 0 amide bonds. The van der Waals surface area contributed by atoms with Crippen LogP contribution in [0.3, 0.4) is 0 Å². The molecule has 0 aliphatic heterocycles. The first-order valence-corrected chi connectivity index (χ1v) is 7.73. The maximum Gasteiger partial charge on any atom is 0.232 e. The number of rotatable bonds is 5. The van der Waals surface area contributed by atoms with Crippen LogP contribution in [-0.2, 0) is 5.75 Å². The number of para-hydroxylation sites is 1. The van der Waals surface area contributed by atoms with E-state index in [2.05, 4.69) is 30.5 Å². The second kappa shape index (κ2) is 6.48. The third kappa shape index (κ3) is 3.66. The Morgan fingerprint density at radius 1 is 1.13 bits per heavy atom. The van der Waals surface area contributed by atoms with Crippen molar-refractivity contribution >= 4 is 29.3 Å². The van der Waals surface area contributed by atoms with Gasteiger partial charge >= 0.3 is 0 Å². The van der Waals surface area contributed by atoms with Crippen molar-refractivity contribution in [2.24, 2.45) is 0 Å². The number of nitrogens with one attached hydrogen (secondary N) is 1. The van der Waals surface area contributed by atoms with Gasteiger partial charge in [-0.25, -0.2) is 4.68 Å². The highest BCUT2D eigenvalue weighted by Gasteiger charge is 2.10. The molecule has 2 heterocycles. The first-order valence-electron chi connectivity index (χ1n) is 6.74. The number of hydrogen-bond donors (Lipinski definition) is 3. The van der Waals surface area contributed by atoms with Crippen molar-refractivity contribution in [3.63, 3.8) is 0 Å². The minimum absolute atomic E-state index is 0.152. The Morgan fingerprint density at radius 3 is 2.61 bits per heavy atom. The van der Waals surface area contributed by atoms with Crippen molar-refractivity contribution in [3.8, 4) is 0 Å². The van der Waals surface area contributed by atoms with Gasteiger partial charge in [-0.1, -0.05) is 30.0 Å². The lowest BCUT2D eigenvalue weighted by atomic mass is 10.3. The van der Waals surface area contributed by atoms with Gasteiger partial charge in [-0.15, -0.1) is 10.2 Å². The number of nitrogens with zero attached hydrogens (tertiary/aromatic N) is 6. The molecule has 3 rings (SSSR count). The molecule has 0 radical (unpaired) electrons. The molecule has 5 N–H and O–H groups in total. The molecular formula is C13H15N9S. The fourth-order valence-electron chi connectivity index (χ4n) is 1.79. The van der Waals surface area contributed by atoms with E-state index in [-0.39, 0.29) is 5.95 Å². The lowest BCUT2D eigenvalue weighted by Gasteiger charge is -2.07. The van der Waals surface area contributed by atoms with Gasteiger partial charge in [-0.2, -0.15) is 15.0 Å².